The number of nitrogens with zero attached hydrogens (tertiary/aromatic N) is 4. The quantitative estimate of drug-likeness (QED) is 0.579. The average Bonchev–Trinajstić information content (AvgIpc) is 2.73. The number of aryl methyl sites for hydroxylation is 2. The average molecular weight is 244 g/mol. The topological polar surface area (TPSA) is 50.0 Å². The maximum absolute atomic E-state index is 4.22. The number of benzene rings is 1. The highest BCUT2D eigenvalue weighted by atomic mass is 32.1. The second kappa shape index (κ2) is 4.97. The molecule has 0 atom stereocenters. The van der Waals surface area contributed by atoms with Crippen LogP contribution >= 0.6 is 11.3 Å². The molecule has 4 nitrogen and oxygen atoms in total. The number of azo groups is 1. The van der Waals surface area contributed by atoms with Gasteiger partial charge in [0.25, 0.3) is 0 Å². The molecular formula is C12H12N4S. The third kappa shape index (κ3) is 2.82. The van der Waals surface area contributed by atoms with Crippen molar-refractivity contribution in [1.82, 2.24) is 4.98 Å². The van der Waals surface area contributed by atoms with Crippen LogP contribution in [0, 0.1) is 13.8 Å². The van der Waals surface area contributed by atoms with Crippen LogP contribution < -0.4 is 0 Å². The molecule has 86 valence electrons. The molecule has 0 unspecified atom stereocenters. The minimum atomic E-state index is 0.674. The Bertz CT molecular complexity index is 572. The van der Waals surface area contributed by atoms with Gasteiger partial charge in [-0.3, -0.25) is 4.99 Å². The van der Waals surface area contributed by atoms with E-state index in [-0.39, 0.29) is 0 Å². The summed E-state index contributed by atoms with van der Waals surface area (Å²) in [5.41, 5.74) is 3.65. The summed E-state index contributed by atoms with van der Waals surface area (Å²) in [5.74, 6) is 0. The zero-order valence-corrected chi connectivity index (χ0v) is 10.5. The number of hydrogen-bond donors (Lipinski definition) is 0. The van der Waals surface area contributed by atoms with Crippen LogP contribution in [0.1, 0.15) is 11.3 Å². The SMILES string of the molecule is C=Nc1ccc(/N=N/c2nc(C)cs2)c(C)c1. The van der Waals surface area contributed by atoms with E-state index in [0.29, 0.717) is 5.13 Å². The second-order valence-electron chi connectivity index (χ2n) is 3.60. The Hall–Kier alpha value is -1.88. The molecule has 0 saturated carbocycles. The van der Waals surface area contributed by atoms with Crippen LogP contribution in [0.2, 0.25) is 0 Å². The van der Waals surface area contributed by atoms with E-state index < -0.39 is 0 Å². The summed E-state index contributed by atoms with van der Waals surface area (Å²) < 4.78 is 0. The van der Waals surface area contributed by atoms with Crippen molar-refractivity contribution in [3.8, 4) is 0 Å². The van der Waals surface area contributed by atoms with Gasteiger partial charge >= 0.3 is 0 Å². The number of hydrogen-bond acceptors (Lipinski definition) is 5. The fraction of sp³-hybridized carbons (Fsp3) is 0.167. The first kappa shape index (κ1) is 11.6. The van der Waals surface area contributed by atoms with Gasteiger partial charge in [-0.1, -0.05) is 0 Å². The summed E-state index contributed by atoms with van der Waals surface area (Å²) >= 11 is 1.48. The summed E-state index contributed by atoms with van der Waals surface area (Å²) in [4.78, 5) is 8.08. The number of aliphatic imine (C=N–C) groups is 1. The molecule has 1 aromatic heterocycles. The van der Waals surface area contributed by atoms with E-state index in [1.54, 1.807) is 0 Å². The molecule has 2 rings (SSSR count). The maximum Gasteiger partial charge on any atom is 0.230 e. The van der Waals surface area contributed by atoms with Crippen LogP contribution in [-0.4, -0.2) is 11.7 Å². The van der Waals surface area contributed by atoms with Gasteiger partial charge in [0.05, 0.1) is 17.1 Å². The van der Waals surface area contributed by atoms with Gasteiger partial charge in [0.15, 0.2) is 0 Å². The Morgan fingerprint density at radius 3 is 2.65 bits per heavy atom. The lowest BCUT2D eigenvalue weighted by atomic mass is 10.2. The maximum atomic E-state index is 4.22. The minimum absolute atomic E-state index is 0.674. The summed E-state index contributed by atoms with van der Waals surface area (Å²) in [6, 6.07) is 5.67. The van der Waals surface area contributed by atoms with Gasteiger partial charge in [-0.2, -0.15) is 0 Å². The van der Waals surface area contributed by atoms with E-state index in [2.05, 4.69) is 26.9 Å². The van der Waals surface area contributed by atoms with Crippen molar-refractivity contribution < 1.29 is 0 Å². The van der Waals surface area contributed by atoms with E-state index in [1.165, 1.54) is 11.3 Å². The normalized spacial score (nSPS) is 10.9. The summed E-state index contributed by atoms with van der Waals surface area (Å²) in [6.45, 7) is 7.39. The van der Waals surface area contributed by atoms with Crippen LogP contribution in [-0.2, 0) is 0 Å². The summed E-state index contributed by atoms with van der Waals surface area (Å²) in [5, 5.41) is 10.9. The van der Waals surface area contributed by atoms with Crippen molar-refractivity contribution >= 4 is 34.6 Å². The molecule has 1 heterocycles. The van der Waals surface area contributed by atoms with Gasteiger partial charge in [0.1, 0.15) is 0 Å². The molecule has 2 aromatic rings. The standard InChI is InChI=1S/C12H12N4S/c1-8-6-10(13-3)4-5-11(8)15-16-12-14-9(2)7-17-12/h4-7H,3H2,1-2H3/b16-15+. The first-order valence-electron chi connectivity index (χ1n) is 5.10. The lowest BCUT2D eigenvalue weighted by molar-refractivity contribution is 1.15. The third-order valence-corrected chi connectivity index (χ3v) is 3.06. The molecule has 0 radical (unpaired) electrons. The first-order chi connectivity index (χ1) is 8.19. The predicted molar refractivity (Wildman–Crippen MR) is 71.4 cm³/mol. The van der Waals surface area contributed by atoms with E-state index in [1.807, 2.05) is 37.4 Å². The molecule has 0 amide bonds. The van der Waals surface area contributed by atoms with Gasteiger partial charge in [-0.25, -0.2) is 4.98 Å². The molecule has 0 fully saturated rings. The van der Waals surface area contributed by atoms with Crippen LogP contribution in [0.4, 0.5) is 16.5 Å². The van der Waals surface area contributed by atoms with E-state index >= 15 is 0 Å². The zero-order chi connectivity index (χ0) is 12.3. The Morgan fingerprint density at radius 2 is 2.06 bits per heavy atom. The predicted octanol–water partition coefficient (Wildman–Crippen LogP) is 4.51. The van der Waals surface area contributed by atoms with Gasteiger partial charge < -0.3 is 0 Å². The van der Waals surface area contributed by atoms with Gasteiger partial charge in [0.2, 0.25) is 5.13 Å². The fourth-order valence-electron chi connectivity index (χ4n) is 1.33. The first-order valence-corrected chi connectivity index (χ1v) is 5.98. The van der Waals surface area contributed by atoms with Crippen molar-refractivity contribution in [1.29, 1.82) is 0 Å². The van der Waals surface area contributed by atoms with Crippen LogP contribution in [0.5, 0.6) is 0 Å². The van der Waals surface area contributed by atoms with Crippen LogP contribution in [0.25, 0.3) is 0 Å². The molecule has 5 heteroatoms. The molecule has 0 bridgehead atoms. The van der Waals surface area contributed by atoms with Crippen molar-refractivity contribution in [2.75, 3.05) is 0 Å². The minimum Gasteiger partial charge on any atom is -0.265 e. The lowest BCUT2D eigenvalue weighted by Gasteiger charge is -1.99. The van der Waals surface area contributed by atoms with Crippen molar-refractivity contribution in [3.63, 3.8) is 0 Å². The molecule has 0 spiro atoms. The number of rotatable bonds is 3. The van der Waals surface area contributed by atoms with Gasteiger partial charge in [-0.15, -0.1) is 21.6 Å². The monoisotopic (exact) mass is 244 g/mol. The largest absolute Gasteiger partial charge is 0.265 e. The highest BCUT2D eigenvalue weighted by Gasteiger charge is 1.99. The van der Waals surface area contributed by atoms with E-state index in [9.17, 15) is 0 Å². The molecule has 0 saturated heterocycles. The Kier molecular flexibility index (Phi) is 3.39. The molecule has 0 aliphatic rings. The molecule has 0 aliphatic heterocycles. The Balaban J connectivity index is 2.24. The lowest BCUT2D eigenvalue weighted by Crippen LogP contribution is -1.73. The molecular weight excluding hydrogens is 232 g/mol. The summed E-state index contributed by atoms with van der Waals surface area (Å²) in [7, 11) is 0. The number of thiazole rings is 1. The van der Waals surface area contributed by atoms with Crippen LogP contribution in [0.3, 0.4) is 0 Å². The Labute approximate surface area is 104 Å². The molecule has 0 aliphatic carbocycles. The van der Waals surface area contributed by atoms with E-state index in [0.717, 1.165) is 22.6 Å². The van der Waals surface area contributed by atoms with Crippen LogP contribution in [0.15, 0.2) is 38.8 Å². The smallest absolute Gasteiger partial charge is 0.230 e. The third-order valence-electron chi connectivity index (χ3n) is 2.21. The summed E-state index contributed by atoms with van der Waals surface area (Å²) in [6.07, 6.45) is 0. The number of aromatic nitrogens is 1. The fourth-order valence-corrected chi connectivity index (χ4v) is 1.95. The zero-order valence-electron chi connectivity index (χ0n) is 9.71. The van der Waals surface area contributed by atoms with Gasteiger partial charge in [0, 0.05) is 5.38 Å². The second-order valence-corrected chi connectivity index (χ2v) is 4.44. The van der Waals surface area contributed by atoms with Gasteiger partial charge in [-0.05, 0) is 44.3 Å². The van der Waals surface area contributed by atoms with E-state index in [4.69, 9.17) is 0 Å². The van der Waals surface area contributed by atoms with Crippen molar-refractivity contribution in [2.24, 2.45) is 15.2 Å². The van der Waals surface area contributed by atoms with Crippen molar-refractivity contribution in [3.05, 3.63) is 34.8 Å². The Morgan fingerprint density at radius 1 is 1.24 bits per heavy atom. The molecule has 0 N–H and O–H groups in total. The highest BCUT2D eigenvalue weighted by molar-refractivity contribution is 7.13. The molecule has 1 aromatic carbocycles. The van der Waals surface area contributed by atoms with Crippen molar-refractivity contribution in [2.45, 2.75) is 13.8 Å². The highest BCUT2D eigenvalue weighted by Crippen LogP contribution is 2.26. The molecule has 17 heavy (non-hydrogen) atoms.